The minimum Gasteiger partial charge on any atom is -0.187 e. The van der Waals surface area contributed by atoms with E-state index >= 15 is 0 Å². The first-order chi connectivity index (χ1) is 5.86. The molecular weight excluding hydrogens is 150 g/mol. The summed E-state index contributed by atoms with van der Waals surface area (Å²) in [5, 5.41) is 8.16. The van der Waals surface area contributed by atoms with Gasteiger partial charge in [-0.1, -0.05) is 24.3 Å². The van der Waals surface area contributed by atoms with Crippen molar-refractivity contribution < 1.29 is 0 Å². The zero-order chi connectivity index (χ0) is 8.39. The normalized spacial score (nSPS) is 10.1. The van der Waals surface area contributed by atoms with Gasteiger partial charge in [-0.25, -0.2) is 0 Å². The zero-order valence-electron chi connectivity index (χ0n) is 6.73. The van der Waals surface area contributed by atoms with E-state index in [-0.39, 0.29) is 0 Å². The molecule has 1 aromatic heterocycles. The highest BCUT2D eigenvalue weighted by Gasteiger charge is 1.98. The van der Waals surface area contributed by atoms with Gasteiger partial charge in [0.05, 0.1) is 6.20 Å². The molecule has 0 atom stereocenters. The molecule has 0 N–H and O–H groups in total. The van der Waals surface area contributed by atoms with Crippen LogP contribution in [0.25, 0.3) is 11.3 Å². The zero-order valence-corrected chi connectivity index (χ0v) is 6.73. The molecule has 59 valence electrons. The molecule has 1 radical (unpaired) electrons. The van der Waals surface area contributed by atoms with E-state index < -0.39 is 0 Å². The summed E-state index contributed by atoms with van der Waals surface area (Å²) in [4.78, 5) is 1.55. The Morgan fingerprint density at radius 3 is 2.67 bits per heavy atom. The van der Waals surface area contributed by atoms with Crippen molar-refractivity contribution in [1.29, 1.82) is 0 Å². The van der Waals surface area contributed by atoms with Crippen LogP contribution < -0.4 is 0 Å². The molecule has 2 rings (SSSR count). The number of aromatic nitrogens is 3. The Hall–Kier alpha value is -1.64. The van der Waals surface area contributed by atoms with Crippen molar-refractivity contribution in [3.05, 3.63) is 36.5 Å². The summed E-state index contributed by atoms with van der Waals surface area (Å²) in [7, 11) is 1.80. The highest BCUT2D eigenvalue weighted by Crippen LogP contribution is 2.13. The van der Waals surface area contributed by atoms with Crippen LogP contribution in [0.3, 0.4) is 0 Å². The predicted molar refractivity (Wildman–Crippen MR) is 45.3 cm³/mol. The van der Waals surface area contributed by atoms with E-state index in [1.165, 1.54) is 0 Å². The predicted octanol–water partition coefficient (Wildman–Crippen LogP) is 1.28. The Labute approximate surface area is 70.6 Å². The molecule has 12 heavy (non-hydrogen) atoms. The maximum atomic E-state index is 4.17. The Morgan fingerprint density at radius 2 is 2.08 bits per heavy atom. The van der Waals surface area contributed by atoms with Gasteiger partial charge in [-0.15, -0.1) is 0 Å². The molecule has 1 heterocycles. The molecule has 0 fully saturated rings. The summed E-state index contributed by atoms with van der Waals surface area (Å²) in [6.45, 7) is 0. The summed E-state index contributed by atoms with van der Waals surface area (Å²) in [5.74, 6) is 0. The Bertz CT molecular complexity index is 364. The molecule has 1 aromatic carbocycles. The lowest BCUT2D eigenvalue weighted by Crippen LogP contribution is -1.91. The first-order valence-corrected chi connectivity index (χ1v) is 3.69. The Kier molecular flexibility index (Phi) is 1.63. The maximum absolute atomic E-state index is 4.17. The van der Waals surface area contributed by atoms with Crippen LogP contribution in [0.2, 0.25) is 0 Å². The van der Waals surface area contributed by atoms with Gasteiger partial charge >= 0.3 is 0 Å². The molecule has 0 aliphatic heterocycles. The number of nitrogens with zero attached hydrogens (tertiary/aromatic N) is 3. The van der Waals surface area contributed by atoms with Crippen LogP contribution in [-0.4, -0.2) is 15.0 Å². The Balaban J connectivity index is 2.45. The van der Waals surface area contributed by atoms with E-state index in [0.717, 1.165) is 11.3 Å². The Morgan fingerprint density at radius 1 is 1.33 bits per heavy atom. The summed E-state index contributed by atoms with van der Waals surface area (Å²) in [6.07, 6.45) is 1.75. The SMILES string of the molecule is Cn1ncc(-c2cc[c]cc2)n1. The van der Waals surface area contributed by atoms with E-state index in [0.29, 0.717) is 0 Å². The topological polar surface area (TPSA) is 30.7 Å². The lowest BCUT2D eigenvalue weighted by Gasteiger charge is -1.91. The molecule has 2 aromatic rings. The van der Waals surface area contributed by atoms with E-state index in [2.05, 4.69) is 16.3 Å². The molecule has 0 saturated carbocycles. The fourth-order valence-electron chi connectivity index (χ4n) is 1.04. The van der Waals surface area contributed by atoms with Crippen molar-refractivity contribution in [1.82, 2.24) is 15.0 Å². The van der Waals surface area contributed by atoms with Crippen molar-refractivity contribution in [2.24, 2.45) is 7.05 Å². The maximum Gasteiger partial charge on any atom is 0.113 e. The van der Waals surface area contributed by atoms with Crippen LogP contribution in [0.5, 0.6) is 0 Å². The van der Waals surface area contributed by atoms with E-state index in [9.17, 15) is 0 Å². The van der Waals surface area contributed by atoms with Gasteiger partial charge in [0.15, 0.2) is 0 Å². The van der Waals surface area contributed by atoms with E-state index in [1.54, 1.807) is 18.0 Å². The highest BCUT2D eigenvalue weighted by molar-refractivity contribution is 5.56. The van der Waals surface area contributed by atoms with Gasteiger partial charge in [0.25, 0.3) is 0 Å². The van der Waals surface area contributed by atoms with Crippen LogP contribution in [0.1, 0.15) is 0 Å². The summed E-state index contributed by atoms with van der Waals surface area (Å²) in [5.41, 5.74) is 1.97. The number of benzene rings is 1. The van der Waals surface area contributed by atoms with Crippen molar-refractivity contribution in [3.8, 4) is 11.3 Å². The van der Waals surface area contributed by atoms with Crippen molar-refractivity contribution >= 4 is 0 Å². The van der Waals surface area contributed by atoms with Crippen LogP contribution in [-0.2, 0) is 7.05 Å². The molecule has 3 heteroatoms. The van der Waals surface area contributed by atoms with Crippen LogP contribution in [0, 0.1) is 6.07 Å². The monoisotopic (exact) mass is 158 g/mol. The lowest BCUT2D eigenvalue weighted by molar-refractivity contribution is 0.655. The summed E-state index contributed by atoms with van der Waals surface area (Å²) >= 11 is 0. The third kappa shape index (κ3) is 1.21. The number of hydrogen-bond donors (Lipinski definition) is 0. The van der Waals surface area contributed by atoms with Gasteiger partial charge in [0.1, 0.15) is 5.69 Å². The largest absolute Gasteiger partial charge is 0.187 e. The minimum absolute atomic E-state index is 0.895. The fourth-order valence-corrected chi connectivity index (χ4v) is 1.04. The highest BCUT2D eigenvalue weighted by atomic mass is 15.4. The smallest absolute Gasteiger partial charge is 0.113 e. The second-order valence-corrected chi connectivity index (χ2v) is 2.51. The van der Waals surface area contributed by atoms with Gasteiger partial charge in [-0.05, 0) is 6.07 Å². The van der Waals surface area contributed by atoms with Crippen molar-refractivity contribution in [2.45, 2.75) is 0 Å². The van der Waals surface area contributed by atoms with Gasteiger partial charge in [-0.2, -0.15) is 15.0 Å². The average molecular weight is 158 g/mol. The second-order valence-electron chi connectivity index (χ2n) is 2.51. The van der Waals surface area contributed by atoms with Gasteiger partial charge < -0.3 is 0 Å². The van der Waals surface area contributed by atoms with Crippen LogP contribution >= 0.6 is 0 Å². The standard InChI is InChI=1S/C9H8N3/c1-12-10-7-9(11-12)8-5-3-2-4-6-8/h3-7H,1H3. The average Bonchev–Trinajstić information content (AvgIpc) is 2.54. The van der Waals surface area contributed by atoms with E-state index in [1.807, 2.05) is 24.3 Å². The van der Waals surface area contributed by atoms with Crippen LogP contribution in [0.15, 0.2) is 30.5 Å². The molecule has 0 bridgehead atoms. The molecule has 0 unspecified atom stereocenters. The molecule has 0 saturated heterocycles. The molecule has 0 amide bonds. The van der Waals surface area contributed by atoms with E-state index in [4.69, 9.17) is 0 Å². The fraction of sp³-hybridized carbons (Fsp3) is 0.111. The minimum atomic E-state index is 0.895. The number of hydrogen-bond acceptors (Lipinski definition) is 2. The third-order valence-electron chi connectivity index (χ3n) is 1.61. The lowest BCUT2D eigenvalue weighted by atomic mass is 10.2. The van der Waals surface area contributed by atoms with Crippen molar-refractivity contribution in [2.75, 3.05) is 0 Å². The van der Waals surface area contributed by atoms with Crippen molar-refractivity contribution in [3.63, 3.8) is 0 Å². The molecular formula is C9H8N3. The number of rotatable bonds is 1. The molecule has 0 aliphatic rings. The molecule has 0 aliphatic carbocycles. The van der Waals surface area contributed by atoms with Gasteiger partial charge in [-0.3, -0.25) is 0 Å². The number of aryl methyl sites for hydroxylation is 1. The molecule has 3 nitrogen and oxygen atoms in total. The summed E-state index contributed by atoms with van der Waals surface area (Å²) < 4.78 is 0. The quantitative estimate of drug-likeness (QED) is 0.626. The second kappa shape index (κ2) is 2.77. The van der Waals surface area contributed by atoms with Gasteiger partial charge in [0, 0.05) is 12.6 Å². The first kappa shape index (κ1) is 7.03. The van der Waals surface area contributed by atoms with Gasteiger partial charge in [0.2, 0.25) is 0 Å². The summed E-state index contributed by atoms with van der Waals surface area (Å²) in [6, 6.07) is 10.6. The van der Waals surface area contributed by atoms with Crippen LogP contribution in [0.4, 0.5) is 0 Å². The molecule has 0 spiro atoms. The third-order valence-corrected chi connectivity index (χ3v) is 1.61. The first-order valence-electron chi connectivity index (χ1n) is 3.69.